The van der Waals surface area contributed by atoms with Crippen molar-refractivity contribution in [1.29, 1.82) is 0 Å². The van der Waals surface area contributed by atoms with Crippen LogP contribution < -0.4 is 11.2 Å². The van der Waals surface area contributed by atoms with Crippen LogP contribution >= 0.6 is 0 Å². The van der Waals surface area contributed by atoms with E-state index >= 15 is 0 Å². The molecule has 0 heterocycles. The van der Waals surface area contributed by atoms with Gasteiger partial charge in [-0.05, 0) is 19.9 Å². The topological polar surface area (TPSA) is 90.6 Å². The predicted molar refractivity (Wildman–Crippen MR) is 49.0 cm³/mol. The van der Waals surface area contributed by atoms with Gasteiger partial charge >= 0.3 is 11.9 Å². The molecule has 0 aliphatic rings. The third-order valence-electron chi connectivity index (χ3n) is 1.28. The first-order chi connectivity index (χ1) is 6.70. The summed E-state index contributed by atoms with van der Waals surface area (Å²) in [5.41, 5.74) is 7.53. The molecule has 0 fully saturated rings. The van der Waals surface area contributed by atoms with Gasteiger partial charge in [0.25, 0.3) is 0 Å². The number of nitrogens with one attached hydrogen (secondary N) is 1. The third kappa shape index (κ3) is 7.66. The molecule has 6 nitrogen and oxygen atoms in total. The molecule has 0 aliphatic carbocycles. The van der Waals surface area contributed by atoms with Gasteiger partial charge in [-0.15, -0.1) is 0 Å². The number of esters is 2. The smallest absolute Gasteiger partial charge is 0.329 e. The van der Waals surface area contributed by atoms with Crippen LogP contribution in [0.15, 0.2) is 0 Å². The Hall–Kier alpha value is -0.980. The van der Waals surface area contributed by atoms with Crippen LogP contribution in [0.4, 0.5) is 0 Å². The van der Waals surface area contributed by atoms with Gasteiger partial charge in [0.05, 0.1) is 6.61 Å². The summed E-state index contributed by atoms with van der Waals surface area (Å²) in [6, 6.07) is 0. The Morgan fingerprint density at radius 3 is 2.64 bits per heavy atom. The minimum Gasteiger partial charge on any atom is -0.392 e. The van der Waals surface area contributed by atoms with E-state index < -0.39 is 11.9 Å². The fraction of sp³-hybridized carbons (Fsp3) is 0.750. The average molecular weight is 204 g/mol. The molecule has 0 aromatic heterocycles. The summed E-state index contributed by atoms with van der Waals surface area (Å²) < 4.78 is 4.42. The summed E-state index contributed by atoms with van der Waals surface area (Å²) in [5, 5.41) is 0. The minimum atomic E-state index is -0.652. The average Bonchev–Trinajstić information content (AvgIpc) is 2.15. The number of hydroxylamine groups is 1. The zero-order chi connectivity index (χ0) is 10.8. The van der Waals surface area contributed by atoms with E-state index in [1.165, 1.54) is 0 Å². The van der Waals surface area contributed by atoms with Gasteiger partial charge in [0, 0.05) is 6.42 Å². The molecule has 0 radical (unpaired) electrons. The summed E-state index contributed by atoms with van der Waals surface area (Å²) in [7, 11) is 0. The first-order valence-electron chi connectivity index (χ1n) is 4.49. The number of ether oxygens (including phenoxy) is 1. The Balaban J connectivity index is 3.45. The molecule has 0 spiro atoms. The van der Waals surface area contributed by atoms with Crippen LogP contribution in [-0.4, -0.2) is 31.6 Å². The quantitative estimate of drug-likeness (QED) is 0.247. The summed E-state index contributed by atoms with van der Waals surface area (Å²) in [4.78, 5) is 26.4. The lowest BCUT2D eigenvalue weighted by Gasteiger charge is -2.03. The van der Waals surface area contributed by atoms with Gasteiger partial charge in [-0.2, -0.15) is 5.48 Å². The van der Waals surface area contributed by atoms with Crippen LogP contribution in [0.1, 0.15) is 19.8 Å². The fourth-order valence-corrected chi connectivity index (χ4v) is 0.673. The van der Waals surface area contributed by atoms with E-state index in [2.05, 4.69) is 15.1 Å². The van der Waals surface area contributed by atoms with Crippen molar-refractivity contribution in [2.45, 2.75) is 19.8 Å². The van der Waals surface area contributed by atoms with Gasteiger partial charge in [0.15, 0.2) is 0 Å². The maximum absolute atomic E-state index is 10.9. The summed E-state index contributed by atoms with van der Waals surface area (Å²) in [6.45, 7) is 2.47. The molecule has 3 N–H and O–H groups in total. The number of hydrogen-bond donors (Lipinski definition) is 2. The Morgan fingerprint density at radius 1 is 1.36 bits per heavy atom. The van der Waals surface area contributed by atoms with Gasteiger partial charge in [-0.3, -0.25) is 9.59 Å². The number of carbonyl (C=O) groups excluding carboxylic acids is 2. The van der Waals surface area contributed by atoms with Crippen molar-refractivity contribution in [2.75, 3.05) is 19.7 Å². The van der Waals surface area contributed by atoms with Gasteiger partial charge in [-0.1, -0.05) is 0 Å². The summed E-state index contributed by atoms with van der Waals surface area (Å²) in [5.74, 6) is -1.21. The lowest BCUT2D eigenvalue weighted by atomic mass is 10.3. The Labute approximate surface area is 82.7 Å². The van der Waals surface area contributed by atoms with Crippen molar-refractivity contribution in [1.82, 2.24) is 5.48 Å². The van der Waals surface area contributed by atoms with Crippen LogP contribution in [0.25, 0.3) is 0 Å². The highest BCUT2D eigenvalue weighted by atomic mass is 16.6. The Morgan fingerprint density at radius 2 is 2.07 bits per heavy atom. The molecular formula is C8H16N2O4. The van der Waals surface area contributed by atoms with Crippen molar-refractivity contribution in [3.8, 4) is 0 Å². The van der Waals surface area contributed by atoms with E-state index in [-0.39, 0.29) is 13.0 Å². The maximum Gasteiger partial charge on any atom is 0.329 e. The molecular weight excluding hydrogens is 188 g/mol. The molecule has 0 rings (SSSR count). The van der Waals surface area contributed by atoms with E-state index in [0.717, 1.165) is 0 Å². The maximum atomic E-state index is 10.9. The predicted octanol–water partition coefficient (Wildman–Crippen LogP) is -0.664. The first-order valence-corrected chi connectivity index (χ1v) is 4.49. The highest BCUT2D eigenvalue weighted by Gasteiger charge is 2.08. The highest BCUT2D eigenvalue weighted by molar-refractivity contribution is 5.86. The zero-order valence-corrected chi connectivity index (χ0v) is 8.25. The van der Waals surface area contributed by atoms with Gasteiger partial charge < -0.3 is 15.3 Å². The van der Waals surface area contributed by atoms with Crippen molar-refractivity contribution in [3.63, 3.8) is 0 Å². The highest BCUT2D eigenvalue weighted by Crippen LogP contribution is 1.91. The van der Waals surface area contributed by atoms with Crippen LogP contribution in [0.2, 0.25) is 0 Å². The monoisotopic (exact) mass is 204 g/mol. The summed E-state index contributed by atoms with van der Waals surface area (Å²) >= 11 is 0. The van der Waals surface area contributed by atoms with Crippen LogP contribution in [0.5, 0.6) is 0 Å². The van der Waals surface area contributed by atoms with E-state index in [4.69, 9.17) is 5.73 Å². The molecule has 0 amide bonds. The largest absolute Gasteiger partial charge is 0.392 e. The number of hydrogen-bond acceptors (Lipinski definition) is 6. The molecule has 0 aliphatic heterocycles. The SMILES string of the molecule is CCONCC(=O)OC(=O)CCCN. The van der Waals surface area contributed by atoms with Crippen LogP contribution in [-0.2, 0) is 19.2 Å². The van der Waals surface area contributed by atoms with E-state index in [1.54, 1.807) is 6.92 Å². The lowest BCUT2D eigenvalue weighted by molar-refractivity contribution is -0.160. The number of rotatable bonds is 7. The summed E-state index contributed by atoms with van der Waals surface area (Å²) in [6.07, 6.45) is 0.682. The first kappa shape index (κ1) is 13.0. The Bertz CT molecular complexity index is 184. The standard InChI is InChI=1S/C8H16N2O4/c1-2-13-10-6-8(12)14-7(11)4-3-5-9/h10H,2-6,9H2,1H3. The Kier molecular flexibility index (Phi) is 8.01. The second-order valence-electron chi connectivity index (χ2n) is 2.49. The van der Waals surface area contributed by atoms with Crippen molar-refractivity contribution < 1.29 is 19.2 Å². The van der Waals surface area contributed by atoms with E-state index in [1.807, 2.05) is 0 Å². The third-order valence-corrected chi connectivity index (χ3v) is 1.28. The van der Waals surface area contributed by atoms with Crippen LogP contribution in [0.3, 0.4) is 0 Å². The number of carbonyl (C=O) groups is 2. The van der Waals surface area contributed by atoms with Gasteiger partial charge in [-0.25, -0.2) is 0 Å². The second kappa shape index (κ2) is 8.61. The van der Waals surface area contributed by atoms with Gasteiger partial charge in [0.2, 0.25) is 0 Å². The molecule has 0 saturated heterocycles. The van der Waals surface area contributed by atoms with Crippen molar-refractivity contribution >= 4 is 11.9 Å². The zero-order valence-electron chi connectivity index (χ0n) is 8.25. The van der Waals surface area contributed by atoms with E-state index in [9.17, 15) is 9.59 Å². The number of nitrogens with two attached hydrogens (primary N) is 1. The van der Waals surface area contributed by atoms with Crippen molar-refractivity contribution in [3.05, 3.63) is 0 Å². The molecule has 0 aromatic carbocycles. The normalized spacial score (nSPS) is 9.86. The van der Waals surface area contributed by atoms with E-state index in [0.29, 0.717) is 19.6 Å². The lowest BCUT2D eigenvalue weighted by Crippen LogP contribution is -2.27. The molecule has 6 heteroatoms. The fourth-order valence-electron chi connectivity index (χ4n) is 0.673. The second-order valence-corrected chi connectivity index (χ2v) is 2.49. The van der Waals surface area contributed by atoms with Gasteiger partial charge in [0.1, 0.15) is 6.54 Å². The van der Waals surface area contributed by atoms with Crippen molar-refractivity contribution in [2.24, 2.45) is 5.73 Å². The molecule has 0 bridgehead atoms. The molecule has 0 unspecified atom stereocenters. The van der Waals surface area contributed by atoms with Crippen LogP contribution in [0, 0.1) is 0 Å². The molecule has 82 valence electrons. The molecule has 0 aromatic rings. The molecule has 0 saturated carbocycles. The molecule has 14 heavy (non-hydrogen) atoms. The molecule has 0 atom stereocenters. The minimum absolute atomic E-state index is 0.137.